The van der Waals surface area contributed by atoms with Gasteiger partial charge in [0.2, 0.25) is 0 Å². The Morgan fingerprint density at radius 1 is 1.37 bits per heavy atom. The predicted octanol–water partition coefficient (Wildman–Crippen LogP) is 2.37. The Morgan fingerprint density at radius 2 is 2.26 bits per heavy atom. The first-order valence-electron chi connectivity index (χ1n) is 6.42. The van der Waals surface area contributed by atoms with Crippen molar-refractivity contribution in [3.8, 4) is 5.75 Å². The van der Waals surface area contributed by atoms with Crippen LogP contribution in [0.15, 0.2) is 36.9 Å². The van der Waals surface area contributed by atoms with Gasteiger partial charge in [0.1, 0.15) is 5.75 Å². The van der Waals surface area contributed by atoms with Crippen molar-refractivity contribution < 1.29 is 4.74 Å². The van der Waals surface area contributed by atoms with Crippen LogP contribution in [0, 0.1) is 0 Å². The van der Waals surface area contributed by atoms with Crippen molar-refractivity contribution in [3.05, 3.63) is 36.9 Å². The lowest BCUT2D eigenvalue weighted by molar-refractivity contribution is 0.415. The fourth-order valence-corrected chi connectivity index (χ4v) is 1.88. The number of aromatic nitrogens is 2. The third-order valence-corrected chi connectivity index (χ3v) is 2.98. The molecule has 0 aliphatic heterocycles. The van der Waals surface area contributed by atoms with Crippen molar-refractivity contribution in [1.29, 1.82) is 0 Å². The number of ether oxygens (including phenoxy) is 1. The Balaban J connectivity index is 1.73. The molecule has 1 aromatic heterocycles. The Kier molecular flexibility index (Phi) is 4.66. The van der Waals surface area contributed by atoms with E-state index in [1.54, 1.807) is 13.3 Å². The number of aryl methyl sites for hydroxylation is 1. The third kappa shape index (κ3) is 3.91. The molecule has 102 valence electrons. The molecule has 0 atom stereocenters. The van der Waals surface area contributed by atoms with Crippen molar-refractivity contribution in [2.24, 2.45) is 0 Å². The van der Waals surface area contributed by atoms with E-state index in [4.69, 9.17) is 10.5 Å². The highest BCUT2D eigenvalue weighted by Gasteiger charge is 2.00. The summed E-state index contributed by atoms with van der Waals surface area (Å²) < 4.78 is 7.26. The molecule has 5 heteroatoms. The molecule has 0 saturated carbocycles. The summed E-state index contributed by atoms with van der Waals surface area (Å²) in [5, 5.41) is 3.34. The molecule has 0 aliphatic carbocycles. The molecule has 1 heterocycles. The first-order chi connectivity index (χ1) is 9.29. The number of nitrogens with two attached hydrogens (primary N) is 1. The van der Waals surface area contributed by atoms with Crippen LogP contribution >= 0.6 is 0 Å². The van der Waals surface area contributed by atoms with Gasteiger partial charge in [0.05, 0.1) is 24.8 Å². The molecule has 0 spiro atoms. The standard InChI is InChI=1S/C14H20N4O/c1-19-12-4-5-13(15)14(10-12)17-6-2-3-8-18-9-7-16-11-18/h4-5,7,9-11,17H,2-3,6,8,15H2,1H3. The number of benzene rings is 1. The van der Waals surface area contributed by atoms with Crippen LogP contribution < -0.4 is 15.8 Å². The van der Waals surface area contributed by atoms with Gasteiger partial charge in [-0.3, -0.25) is 0 Å². The summed E-state index contributed by atoms with van der Waals surface area (Å²) >= 11 is 0. The molecule has 19 heavy (non-hydrogen) atoms. The maximum absolute atomic E-state index is 5.91. The summed E-state index contributed by atoms with van der Waals surface area (Å²) in [6.45, 7) is 1.89. The number of nitrogen functional groups attached to an aromatic ring is 1. The highest BCUT2D eigenvalue weighted by molar-refractivity contribution is 5.68. The minimum Gasteiger partial charge on any atom is -0.497 e. The van der Waals surface area contributed by atoms with E-state index in [-0.39, 0.29) is 0 Å². The minimum atomic E-state index is 0.746. The Morgan fingerprint density at radius 3 is 3.00 bits per heavy atom. The molecular formula is C14H20N4O. The highest BCUT2D eigenvalue weighted by Crippen LogP contribution is 2.24. The first-order valence-corrected chi connectivity index (χ1v) is 6.42. The van der Waals surface area contributed by atoms with Gasteiger partial charge in [0.25, 0.3) is 0 Å². The molecule has 0 amide bonds. The summed E-state index contributed by atoms with van der Waals surface area (Å²) in [6, 6.07) is 5.64. The first kappa shape index (κ1) is 13.3. The zero-order valence-electron chi connectivity index (χ0n) is 11.2. The van der Waals surface area contributed by atoms with E-state index in [9.17, 15) is 0 Å². The third-order valence-electron chi connectivity index (χ3n) is 2.98. The zero-order valence-corrected chi connectivity index (χ0v) is 11.2. The topological polar surface area (TPSA) is 65.1 Å². The average molecular weight is 260 g/mol. The van der Waals surface area contributed by atoms with Crippen LogP contribution in [-0.2, 0) is 6.54 Å². The number of methoxy groups -OCH3 is 1. The van der Waals surface area contributed by atoms with E-state index in [1.165, 1.54) is 0 Å². The number of unbranched alkanes of at least 4 members (excludes halogenated alkanes) is 1. The number of nitrogens with zero attached hydrogens (tertiary/aromatic N) is 2. The lowest BCUT2D eigenvalue weighted by Crippen LogP contribution is -2.06. The normalized spacial score (nSPS) is 10.4. The summed E-state index contributed by atoms with van der Waals surface area (Å²) in [7, 11) is 1.65. The number of hydrogen-bond acceptors (Lipinski definition) is 4. The summed E-state index contributed by atoms with van der Waals surface area (Å²) in [4.78, 5) is 4.02. The number of imidazole rings is 1. The molecule has 3 N–H and O–H groups in total. The maximum atomic E-state index is 5.91. The monoisotopic (exact) mass is 260 g/mol. The minimum absolute atomic E-state index is 0.746. The smallest absolute Gasteiger partial charge is 0.121 e. The van der Waals surface area contributed by atoms with Gasteiger partial charge in [0.15, 0.2) is 0 Å². The summed E-state index contributed by atoms with van der Waals surface area (Å²) in [5.41, 5.74) is 7.58. The van der Waals surface area contributed by atoms with Gasteiger partial charge in [-0.25, -0.2) is 4.98 Å². The molecule has 0 saturated heterocycles. The van der Waals surface area contributed by atoms with Crippen LogP contribution in [0.2, 0.25) is 0 Å². The molecule has 1 aromatic carbocycles. The van der Waals surface area contributed by atoms with Crippen LogP contribution in [-0.4, -0.2) is 23.2 Å². The van der Waals surface area contributed by atoms with Gasteiger partial charge < -0.3 is 20.4 Å². The lowest BCUT2D eigenvalue weighted by atomic mass is 10.2. The lowest BCUT2D eigenvalue weighted by Gasteiger charge is -2.11. The molecular weight excluding hydrogens is 240 g/mol. The van der Waals surface area contributed by atoms with E-state index in [0.29, 0.717) is 0 Å². The van der Waals surface area contributed by atoms with Gasteiger partial charge in [-0.05, 0) is 25.0 Å². The maximum Gasteiger partial charge on any atom is 0.121 e. The second kappa shape index (κ2) is 6.68. The number of anilines is 2. The second-order valence-corrected chi connectivity index (χ2v) is 4.39. The summed E-state index contributed by atoms with van der Waals surface area (Å²) in [6.07, 6.45) is 7.80. The molecule has 0 fully saturated rings. The van der Waals surface area contributed by atoms with Gasteiger partial charge in [-0.15, -0.1) is 0 Å². The molecule has 0 aliphatic rings. The highest BCUT2D eigenvalue weighted by atomic mass is 16.5. The van der Waals surface area contributed by atoms with Crippen LogP contribution in [0.5, 0.6) is 5.75 Å². The van der Waals surface area contributed by atoms with E-state index in [0.717, 1.165) is 43.1 Å². The SMILES string of the molecule is COc1ccc(N)c(NCCCCn2ccnc2)c1. The van der Waals surface area contributed by atoms with Crippen molar-refractivity contribution in [1.82, 2.24) is 9.55 Å². The van der Waals surface area contributed by atoms with Gasteiger partial charge in [0, 0.05) is 31.5 Å². The largest absolute Gasteiger partial charge is 0.497 e. The van der Waals surface area contributed by atoms with E-state index >= 15 is 0 Å². The van der Waals surface area contributed by atoms with Crippen LogP contribution in [0.1, 0.15) is 12.8 Å². The van der Waals surface area contributed by atoms with Crippen molar-refractivity contribution in [2.45, 2.75) is 19.4 Å². The molecule has 2 rings (SSSR count). The molecule has 0 bridgehead atoms. The molecule has 0 radical (unpaired) electrons. The van der Waals surface area contributed by atoms with Crippen LogP contribution in [0.25, 0.3) is 0 Å². The fraction of sp³-hybridized carbons (Fsp3) is 0.357. The van der Waals surface area contributed by atoms with Gasteiger partial charge >= 0.3 is 0 Å². The summed E-state index contributed by atoms with van der Waals surface area (Å²) in [5.74, 6) is 0.815. The van der Waals surface area contributed by atoms with Crippen molar-refractivity contribution >= 4 is 11.4 Å². The van der Waals surface area contributed by atoms with Crippen LogP contribution in [0.4, 0.5) is 11.4 Å². The van der Waals surface area contributed by atoms with Crippen LogP contribution in [0.3, 0.4) is 0 Å². The van der Waals surface area contributed by atoms with Crippen molar-refractivity contribution in [3.63, 3.8) is 0 Å². The number of nitrogens with one attached hydrogen (secondary N) is 1. The Labute approximate surface area is 113 Å². The number of hydrogen-bond donors (Lipinski definition) is 2. The Bertz CT molecular complexity index is 496. The molecule has 5 nitrogen and oxygen atoms in total. The number of rotatable bonds is 7. The van der Waals surface area contributed by atoms with E-state index in [1.807, 2.05) is 30.7 Å². The molecule has 0 unspecified atom stereocenters. The van der Waals surface area contributed by atoms with E-state index in [2.05, 4.69) is 14.9 Å². The predicted molar refractivity (Wildman–Crippen MR) is 77.4 cm³/mol. The quantitative estimate of drug-likeness (QED) is 0.592. The van der Waals surface area contributed by atoms with Crippen molar-refractivity contribution in [2.75, 3.05) is 24.7 Å². The Hall–Kier alpha value is -2.17. The van der Waals surface area contributed by atoms with E-state index < -0.39 is 0 Å². The van der Waals surface area contributed by atoms with Gasteiger partial charge in [-0.2, -0.15) is 0 Å². The average Bonchev–Trinajstić information content (AvgIpc) is 2.93. The molecule has 2 aromatic rings. The van der Waals surface area contributed by atoms with Gasteiger partial charge in [-0.1, -0.05) is 0 Å². The fourth-order valence-electron chi connectivity index (χ4n) is 1.88. The zero-order chi connectivity index (χ0) is 13.5. The second-order valence-electron chi connectivity index (χ2n) is 4.39.